The van der Waals surface area contributed by atoms with Crippen molar-refractivity contribution in [1.82, 2.24) is 5.32 Å². The molecule has 1 nitrogen and oxygen atoms in total. The first kappa shape index (κ1) is 13.3. The fourth-order valence-electron chi connectivity index (χ4n) is 3.22. The van der Waals surface area contributed by atoms with Gasteiger partial charge in [0.1, 0.15) is 0 Å². The van der Waals surface area contributed by atoms with Crippen LogP contribution in [0.1, 0.15) is 57.8 Å². The van der Waals surface area contributed by atoms with Crippen LogP contribution in [-0.4, -0.2) is 19.0 Å². The van der Waals surface area contributed by atoms with Crippen LogP contribution in [0.15, 0.2) is 0 Å². The van der Waals surface area contributed by atoms with Crippen LogP contribution in [0.3, 0.4) is 0 Å². The highest BCUT2D eigenvalue weighted by Crippen LogP contribution is 2.37. The van der Waals surface area contributed by atoms with Gasteiger partial charge in [-0.1, -0.05) is 12.8 Å². The van der Waals surface area contributed by atoms with Gasteiger partial charge in [-0.25, -0.2) is 8.78 Å². The number of alkyl halides is 2. The summed E-state index contributed by atoms with van der Waals surface area (Å²) in [4.78, 5) is 0. The van der Waals surface area contributed by atoms with Gasteiger partial charge in [-0.2, -0.15) is 0 Å². The Morgan fingerprint density at radius 3 is 2.24 bits per heavy atom. The maximum Gasteiger partial charge on any atom is 0.248 e. The molecule has 0 heterocycles. The van der Waals surface area contributed by atoms with Crippen molar-refractivity contribution >= 4 is 0 Å². The molecular formula is C14H25F2N. The molecule has 2 fully saturated rings. The van der Waals surface area contributed by atoms with E-state index in [9.17, 15) is 8.78 Å². The Bertz CT molecular complexity index is 214. The molecule has 0 saturated heterocycles. The molecule has 0 atom stereocenters. The molecule has 2 saturated carbocycles. The second-order valence-corrected chi connectivity index (χ2v) is 5.94. The van der Waals surface area contributed by atoms with Crippen molar-refractivity contribution < 1.29 is 8.78 Å². The van der Waals surface area contributed by atoms with Crippen LogP contribution in [0.25, 0.3) is 0 Å². The van der Waals surface area contributed by atoms with Gasteiger partial charge in [0, 0.05) is 12.8 Å². The van der Waals surface area contributed by atoms with Gasteiger partial charge in [-0.3, -0.25) is 0 Å². The summed E-state index contributed by atoms with van der Waals surface area (Å²) in [6.07, 6.45) is 8.29. The maximum atomic E-state index is 13.0. The van der Waals surface area contributed by atoms with Crippen molar-refractivity contribution in [2.45, 2.75) is 63.7 Å². The first-order valence-electron chi connectivity index (χ1n) is 7.24. The van der Waals surface area contributed by atoms with Crippen LogP contribution < -0.4 is 5.32 Å². The minimum atomic E-state index is -2.37. The van der Waals surface area contributed by atoms with Crippen LogP contribution in [0.4, 0.5) is 8.78 Å². The van der Waals surface area contributed by atoms with Gasteiger partial charge in [0.25, 0.3) is 0 Å². The topological polar surface area (TPSA) is 12.0 Å². The Kier molecular flexibility index (Phi) is 4.78. The standard InChI is InChI=1S/C14H25F2N/c15-14(16)8-5-12(6-9-14)7-10-17-11-13-3-1-2-4-13/h12-13,17H,1-11H2. The highest BCUT2D eigenvalue weighted by molar-refractivity contribution is 4.78. The lowest BCUT2D eigenvalue weighted by Crippen LogP contribution is -2.28. The molecule has 0 bridgehead atoms. The smallest absolute Gasteiger partial charge is 0.248 e. The van der Waals surface area contributed by atoms with E-state index in [1.807, 2.05) is 0 Å². The summed E-state index contributed by atoms with van der Waals surface area (Å²) in [7, 11) is 0. The summed E-state index contributed by atoms with van der Waals surface area (Å²) in [6.45, 7) is 2.16. The van der Waals surface area contributed by atoms with Gasteiger partial charge >= 0.3 is 0 Å². The SMILES string of the molecule is FC1(F)CCC(CCNCC2CCCC2)CC1. The molecule has 0 unspecified atom stereocenters. The van der Waals surface area contributed by atoms with Crippen LogP contribution in [0.5, 0.6) is 0 Å². The highest BCUT2D eigenvalue weighted by Gasteiger charge is 2.34. The molecule has 0 aromatic carbocycles. The van der Waals surface area contributed by atoms with Crippen molar-refractivity contribution in [1.29, 1.82) is 0 Å². The zero-order valence-corrected chi connectivity index (χ0v) is 10.7. The molecule has 2 aliphatic rings. The van der Waals surface area contributed by atoms with Crippen molar-refractivity contribution in [3.63, 3.8) is 0 Å². The zero-order valence-electron chi connectivity index (χ0n) is 10.7. The predicted octanol–water partition coefficient (Wildman–Crippen LogP) is 3.98. The summed E-state index contributed by atoms with van der Waals surface area (Å²) in [5.41, 5.74) is 0. The van der Waals surface area contributed by atoms with Gasteiger partial charge < -0.3 is 5.32 Å². The fraction of sp³-hybridized carbons (Fsp3) is 1.00. The van der Waals surface area contributed by atoms with Crippen molar-refractivity contribution in [3.05, 3.63) is 0 Å². The second-order valence-electron chi connectivity index (χ2n) is 5.94. The normalized spacial score (nSPS) is 26.5. The van der Waals surface area contributed by atoms with Gasteiger partial charge in [0.15, 0.2) is 0 Å². The molecule has 0 radical (unpaired) electrons. The third-order valence-electron chi connectivity index (χ3n) is 4.47. The summed E-state index contributed by atoms with van der Waals surface area (Å²) >= 11 is 0. The van der Waals surface area contributed by atoms with Gasteiger partial charge in [0.2, 0.25) is 5.92 Å². The fourth-order valence-corrected chi connectivity index (χ4v) is 3.22. The summed E-state index contributed by atoms with van der Waals surface area (Å²) < 4.78 is 25.9. The van der Waals surface area contributed by atoms with Crippen LogP contribution in [0.2, 0.25) is 0 Å². The Morgan fingerprint density at radius 2 is 1.59 bits per heavy atom. The monoisotopic (exact) mass is 245 g/mol. The molecule has 17 heavy (non-hydrogen) atoms. The van der Waals surface area contributed by atoms with Crippen molar-refractivity contribution in [3.8, 4) is 0 Å². The van der Waals surface area contributed by atoms with E-state index in [1.54, 1.807) is 0 Å². The van der Waals surface area contributed by atoms with Gasteiger partial charge in [0.05, 0.1) is 0 Å². The summed E-state index contributed by atoms with van der Waals surface area (Å²) in [5, 5.41) is 3.51. The Balaban J connectivity index is 1.51. The predicted molar refractivity (Wildman–Crippen MR) is 66.3 cm³/mol. The number of rotatable bonds is 5. The zero-order chi connectivity index (χ0) is 12.1. The molecule has 3 heteroatoms. The summed E-state index contributed by atoms with van der Waals surface area (Å²) in [5.74, 6) is -0.954. The Labute approximate surface area is 103 Å². The van der Waals surface area contributed by atoms with Gasteiger partial charge in [-0.15, -0.1) is 0 Å². The molecular weight excluding hydrogens is 220 g/mol. The molecule has 1 N–H and O–H groups in total. The quantitative estimate of drug-likeness (QED) is 0.722. The van der Waals surface area contributed by atoms with Crippen LogP contribution >= 0.6 is 0 Å². The number of hydrogen-bond donors (Lipinski definition) is 1. The van der Waals surface area contributed by atoms with Crippen molar-refractivity contribution in [2.24, 2.45) is 11.8 Å². The van der Waals surface area contributed by atoms with Crippen LogP contribution in [-0.2, 0) is 0 Å². The van der Waals surface area contributed by atoms with E-state index in [-0.39, 0.29) is 12.8 Å². The highest BCUT2D eigenvalue weighted by atomic mass is 19.3. The summed E-state index contributed by atoms with van der Waals surface area (Å²) in [6, 6.07) is 0. The maximum absolute atomic E-state index is 13.0. The molecule has 0 aliphatic heterocycles. The Morgan fingerprint density at radius 1 is 0.941 bits per heavy atom. The first-order chi connectivity index (χ1) is 8.16. The number of hydrogen-bond acceptors (Lipinski definition) is 1. The lowest BCUT2D eigenvalue weighted by molar-refractivity contribution is -0.0464. The molecule has 2 aliphatic carbocycles. The molecule has 0 aromatic heterocycles. The molecule has 0 amide bonds. The van der Waals surface area contributed by atoms with Crippen LogP contribution in [0, 0.1) is 11.8 Å². The molecule has 100 valence electrons. The molecule has 0 aromatic rings. The average Bonchev–Trinajstić information content (AvgIpc) is 2.79. The van der Waals surface area contributed by atoms with E-state index >= 15 is 0 Å². The lowest BCUT2D eigenvalue weighted by atomic mass is 9.85. The third kappa shape index (κ3) is 4.53. The number of halogens is 2. The second kappa shape index (κ2) is 6.12. The van der Waals surface area contributed by atoms with Crippen molar-refractivity contribution in [2.75, 3.05) is 13.1 Å². The average molecular weight is 245 g/mol. The first-order valence-corrected chi connectivity index (χ1v) is 7.24. The van der Waals surface area contributed by atoms with E-state index in [2.05, 4.69) is 5.32 Å². The third-order valence-corrected chi connectivity index (χ3v) is 4.47. The minimum absolute atomic E-state index is 0.111. The largest absolute Gasteiger partial charge is 0.316 e. The van der Waals surface area contributed by atoms with E-state index in [4.69, 9.17) is 0 Å². The molecule has 0 spiro atoms. The van der Waals surface area contributed by atoms with E-state index in [1.165, 1.54) is 25.7 Å². The van der Waals surface area contributed by atoms with E-state index in [0.717, 1.165) is 38.3 Å². The number of nitrogens with one attached hydrogen (secondary N) is 1. The van der Waals surface area contributed by atoms with Gasteiger partial charge in [-0.05, 0) is 57.0 Å². The van der Waals surface area contributed by atoms with E-state index in [0.29, 0.717) is 5.92 Å². The minimum Gasteiger partial charge on any atom is -0.316 e. The molecule has 2 rings (SSSR count). The Hall–Kier alpha value is -0.180. The van der Waals surface area contributed by atoms with E-state index < -0.39 is 5.92 Å². The lowest BCUT2D eigenvalue weighted by Gasteiger charge is -2.28.